The first-order valence-corrected chi connectivity index (χ1v) is 6.17. The maximum absolute atomic E-state index is 6.10. The molecule has 0 radical (unpaired) electrons. The zero-order valence-electron chi connectivity index (χ0n) is 10.0. The molecule has 0 unspecified atom stereocenters. The third-order valence-corrected chi connectivity index (χ3v) is 3.16. The van der Waals surface area contributed by atoms with Gasteiger partial charge in [-0.1, -0.05) is 17.7 Å². The third kappa shape index (κ3) is 2.17. The van der Waals surface area contributed by atoms with Gasteiger partial charge >= 0.3 is 0 Å². The average Bonchev–Trinajstić information content (AvgIpc) is 2.98. The van der Waals surface area contributed by atoms with Gasteiger partial charge < -0.3 is 5.32 Å². The molecule has 0 saturated heterocycles. The number of hydrogen-bond donors (Lipinski definition) is 1. The Kier molecular flexibility index (Phi) is 2.89. The number of nitrogens with zero attached hydrogens (tertiary/aromatic N) is 3. The normalized spacial score (nSPS) is 14.9. The molecule has 3 rings (SSSR count). The van der Waals surface area contributed by atoms with Crippen LogP contribution in [0.1, 0.15) is 5.69 Å². The second-order valence-corrected chi connectivity index (χ2v) is 4.71. The van der Waals surface area contributed by atoms with E-state index in [1.807, 2.05) is 25.5 Å². The molecule has 4 nitrogen and oxygen atoms in total. The zero-order chi connectivity index (χ0) is 12.5. The lowest BCUT2D eigenvalue weighted by Gasteiger charge is -2.05. The minimum atomic E-state index is 0.513. The molecule has 0 saturated carbocycles. The topological polar surface area (TPSA) is 42.7 Å². The zero-order valence-corrected chi connectivity index (χ0v) is 10.8. The van der Waals surface area contributed by atoms with E-state index >= 15 is 0 Å². The van der Waals surface area contributed by atoms with Gasteiger partial charge in [0.25, 0.3) is 0 Å². The molecule has 1 aliphatic rings. The molecule has 18 heavy (non-hydrogen) atoms. The standard InChI is InChI=1S/C13H13ClN4/c1-18-8-11(7-16-18)10-4-12(17-13(14)5-10)9-2-3-15-6-9/h2,4-5,7-8,15H,3,6H2,1H3. The molecule has 2 aromatic heterocycles. The number of rotatable bonds is 2. The van der Waals surface area contributed by atoms with Crippen LogP contribution in [0.5, 0.6) is 0 Å². The van der Waals surface area contributed by atoms with Crippen molar-refractivity contribution in [3.05, 3.63) is 41.4 Å². The Labute approximate surface area is 110 Å². The van der Waals surface area contributed by atoms with Crippen molar-refractivity contribution in [3.8, 4) is 11.1 Å². The number of pyridine rings is 1. The summed E-state index contributed by atoms with van der Waals surface area (Å²) < 4.78 is 1.78. The molecule has 1 N–H and O–H groups in total. The molecular weight excluding hydrogens is 248 g/mol. The van der Waals surface area contributed by atoms with Gasteiger partial charge in [-0.2, -0.15) is 5.10 Å². The quantitative estimate of drug-likeness (QED) is 0.841. The Morgan fingerprint density at radius 3 is 2.89 bits per heavy atom. The molecule has 0 aromatic carbocycles. The van der Waals surface area contributed by atoms with Gasteiger partial charge in [0.05, 0.1) is 11.9 Å². The summed E-state index contributed by atoms with van der Waals surface area (Å²) in [6.45, 7) is 1.74. The lowest BCUT2D eigenvalue weighted by molar-refractivity contribution is 0.768. The smallest absolute Gasteiger partial charge is 0.130 e. The fourth-order valence-corrected chi connectivity index (χ4v) is 2.28. The van der Waals surface area contributed by atoms with Gasteiger partial charge in [0.2, 0.25) is 0 Å². The van der Waals surface area contributed by atoms with Crippen molar-refractivity contribution in [2.24, 2.45) is 7.05 Å². The summed E-state index contributed by atoms with van der Waals surface area (Å²) in [5, 5.41) is 7.95. The molecule has 3 heterocycles. The fourth-order valence-electron chi connectivity index (χ4n) is 2.07. The first-order chi connectivity index (χ1) is 8.72. The van der Waals surface area contributed by atoms with Crippen molar-refractivity contribution < 1.29 is 0 Å². The Morgan fingerprint density at radius 2 is 2.22 bits per heavy atom. The van der Waals surface area contributed by atoms with Crippen LogP contribution in [0.2, 0.25) is 5.15 Å². The first kappa shape index (κ1) is 11.4. The van der Waals surface area contributed by atoms with Crippen molar-refractivity contribution in [1.82, 2.24) is 20.1 Å². The van der Waals surface area contributed by atoms with Crippen LogP contribution in [0.4, 0.5) is 0 Å². The Morgan fingerprint density at radius 1 is 1.33 bits per heavy atom. The van der Waals surface area contributed by atoms with E-state index in [2.05, 4.69) is 27.5 Å². The highest BCUT2D eigenvalue weighted by Gasteiger charge is 2.11. The molecule has 1 aliphatic heterocycles. The summed E-state index contributed by atoms with van der Waals surface area (Å²) in [6.07, 6.45) is 5.94. The number of hydrogen-bond acceptors (Lipinski definition) is 3. The Hall–Kier alpha value is -1.65. The lowest BCUT2D eigenvalue weighted by Crippen LogP contribution is -2.08. The first-order valence-electron chi connectivity index (χ1n) is 5.79. The van der Waals surface area contributed by atoms with Crippen LogP contribution in [0, 0.1) is 0 Å². The molecule has 0 fully saturated rings. The molecule has 2 aromatic rings. The molecule has 0 aliphatic carbocycles. The highest BCUT2D eigenvalue weighted by Crippen LogP contribution is 2.25. The predicted octanol–water partition coefficient (Wildman–Crippen LogP) is 2.12. The van der Waals surface area contributed by atoms with E-state index in [9.17, 15) is 0 Å². The summed E-state index contributed by atoms with van der Waals surface area (Å²) in [7, 11) is 1.90. The Balaban J connectivity index is 2.05. The number of halogens is 1. The van der Waals surface area contributed by atoms with Crippen molar-refractivity contribution in [2.45, 2.75) is 0 Å². The number of nitrogens with one attached hydrogen (secondary N) is 1. The van der Waals surface area contributed by atoms with E-state index in [1.165, 1.54) is 5.57 Å². The van der Waals surface area contributed by atoms with Crippen molar-refractivity contribution >= 4 is 17.2 Å². The highest BCUT2D eigenvalue weighted by molar-refractivity contribution is 6.29. The summed E-state index contributed by atoms with van der Waals surface area (Å²) in [4.78, 5) is 4.38. The predicted molar refractivity (Wildman–Crippen MR) is 72.3 cm³/mol. The molecule has 0 amide bonds. The van der Waals surface area contributed by atoms with E-state index in [1.54, 1.807) is 4.68 Å². The maximum Gasteiger partial charge on any atom is 0.130 e. The summed E-state index contributed by atoms with van der Waals surface area (Å²) in [6, 6.07) is 3.92. The largest absolute Gasteiger partial charge is 0.309 e. The SMILES string of the molecule is Cn1cc(-c2cc(Cl)nc(C3=CCNC3)c2)cn1. The molecule has 0 atom stereocenters. The van der Waals surface area contributed by atoms with Crippen LogP contribution < -0.4 is 5.32 Å². The van der Waals surface area contributed by atoms with Gasteiger partial charge in [-0.3, -0.25) is 4.68 Å². The molecule has 0 spiro atoms. The van der Waals surface area contributed by atoms with Crippen molar-refractivity contribution in [3.63, 3.8) is 0 Å². The van der Waals surface area contributed by atoms with E-state index < -0.39 is 0 Å². The minimum Gasteiger partial charge on any atom is -0.309 e. The van der Waals surface area contributed by atoms with Gasteiger partial charge in [0, 0.05) is 31.9 Å². The monoisotopic (exact) mass is 260 g/mol. The van der Waals surface area contributed by atoms with Crippen LogP contribution in [0.25, 0.3) is 16.7 Å². The summed E-state index contributed by atoms with van der Waals surface area (Å²) in [5.41, 5.74) is 4.23. The molecular formula is C13H13ClN4. The van der Waals surface area contributed by atoms with Gasteiger partial charge in [-0.05, 0) is 23.3 Å². The van der Waals surface area contributed by atoms with E-state index in [0.29, 0.717) is 5.15 Å². The van der Waals surface area contributed by atoms with Gasteiger partial charge in [-0.25, -0.2) is 4.98 Å². The third-order valence-electron chi connectivity index (χ3n) is 2.97. The van der Waals surface area contributed by atoms with Gasteiger partial charge in [0.15, 0.2) is 0 Å². The second-order valence-electron chi connectivity index (χ2n) is 4.33. The Bertz CT molecular complexity index is 615. The molecule has 0 bridgehead atoms. The fraction of sp³-hybridized carbons (Fsp3) is 0.231. The summed E-state index contributed by atoms with van der Waals surface area (Å²) >= 11 is 6.10. The highest BCUT2D eigenvalue weighted by atomic mass is 35.5. The van der Waals surface area contributed by atoms with Crippen LogP contribution in [-0.4, -0.2) is 27.9 Å². The average molecular weight is 261 g/mol. The van der Waals surface area contributed by atoms with Gasteiger partial charge in [-0.15, -0.1) is 0 Å². The van der Waals surface area contributed by atoms with Gasteiger partial charge in [0.1, 0.15) is 5.15 Å². The number of aryl methyl sites for hydroxylation is 1. The summed E-state index contributed by atoms with van der Waals surface area (Å²) in [5.74, 6) is 0. The molecule has 92 valence electrons. The second kappa shape index (κ2) is 4.55. The van der Waals surface area contributed by atoms with E-state index in [-0.39, 0.29) is 0 Å². The van der Waals surface area contributed by atoms with Crippen LogP contribution in [0.3, 0.4) is 0 Å². The van der Waals surface area contributed by atoms with Crippen molar-refractivity contribution in [1.29, 1.82) is 0 Å². The van der Waals surface area contributed by atoms with E-state index in [4.69, 9.17) is 11.6 Å². The van der Waals surface area contributed by atoms with Crippen molar-refractivity contribution in [2.75, 3.05) is 13.1 Å². The maximum atomic E-state index is 6.10. The molecule has 5 heteroatoms. The van der Waals surface area contributed by atoms with E-state index in [0.717, 1.165) is 29.9 Å². The van der Waals surface area contributed by atoms with Crippen LogP contribution in [-0.2, 0) is 7.05 Å². The minimum absolute atomic E-state index is 0.513. The van der Waals surface area contributed by atoms with Crippen LogP contribution >= 0.6 is 11.6 Å². The number of aromatic nitrogens is 3. The lowest BCUT2D eigenvalue weighted by atomic mass is 10.1. The van der Waals surface area contributed by atoms with Crippen LogP contribution in [0.15, 0.2) is 30.6 Å².